The number of aryl methyl sites for hydroxylation is 1. The molecule has 0 saturated heterocycles. The summed E-state index contributed by atoms with van der Waals surface area (Å²) in [6, 6.07) is 5.51. The van der Waals surface area contributed by atoms with Crippen molar-refractivity contribution in [1.29, 1.82) is 0 Å². The highest BCUT2D eigenvalue weighted by molar-refractivity contribution is 9.10. The number of methoxy groups -OCH3 is 1. The van der Waals surface area contributed by atoms with Gasteiger partial charge in [0.05, 0.1) is 19.4 Å². The average Bonchev–Trinajstić information content (AvgIpc) is 2.73. The third-order valence-corrected chi connectivity index (χ3v) is 3.36. The Morgan fingerprint density at radius 2 is 2.14 bits per heavy atom. The summed E-state index contributed by atoms with van der Waals surface area (Å²) in [7, 11) is 1.58. The standard InChI is InChI=1S/C14H16BrN3O3/c1-4-21-14(19)12-13(16)18(8(2)17-12)10-5-9(15)6-11(7-10)20-3/h5-7H,4,16H2,1-3H3. The molecule has 2 aromatic rings. The SMILES string of the molecule is CCOC(=O)c1nc(C)n(-c2cc(Br)cc(OC)c2)c1N. The molecule has 0 spiro atoms. The smallest absolute Gasteiger partial charge is 0.360 e. The summed E-state index contributed by atoms with van der Waals surface area (Å²) in [5.74, 6) is 0.977. The highest BCUT2D eigenvalue weighted by Gasteiger charge is 2.21. The predicted octanol–water partition coefficient (Wildman–Crippen LogP) is 2.71. The molecular weight excluding hydrogens is 338 g/mol. The van der Waals surface area contributed by atoms with E-state index in [1.54, 1.807) is 25.5 Å². The maximum absolute atomic E-state index is 11.8. The number of imidazole rings is 1. The van der Waals surface area contributed by atoms with Crippen molar-refractivity contribution < 1.29 is 14.3 Å². The second-order valence-corrected chi connectivity index (χ2v) is 5.21. The first kappa shape index (κ1) is 15.4. The molecule has 0 aliphatic heterocycles. The zero-order valence-corrected chi connectivity index (χ0v) is 13.6. The third-order valence-electron chi connectivity index (χ3n) is 2.90. The summed E-state index contributed by atoms with van der Waals surface area (Å²) in [6.45, 7) is 3.78. The van der Waals surface area contributed by atoms with E-state index in [1.165, 1.54) is 0 Å². The van der Waals surface area contributed by atoms with Gasteiger partial charge < -0.3 is 15.2 Å². The molecule has 112 valence electrons. The molecule has 0 fully saturated rings. The lowest BCUT2D eigenvalue weighted by molar-refractivity contribution is 0.0521. The molecule has 1 heterocycles. The molecule has 0 unspecified atom stereocenters. The number of esters is 1. The van der Waals surface area contributed by atoms with Crippen LogP contribution in [0.2, 0.25) is 0 Å². The zero-order chi connectivity index (χ0) is 15.6. The summed E-state index contributed by atoms with van der Waals surface area (Å²) in [4.78, 5) is 16.0. The second kappa shape index (κ2) is 6.17. The van der Waals surface area contributed by atoms with E-state index in [0.29, 0.717) is 11.6 Å². The summed E-state index contributed by atoms with van der Waals surface area (Å²) in [5, 5.41) is 0. The Balaban J connectivity index is 2.55. The van der Waals surface area contributed by atoms with Crippen molar-refractivity contribution >= 4 is 27.7 Å². The number of hydrogen-bond donors (Lipinski definition) is 1. The molecule has 21 heavy (non-hydrogen) atoms. The number of ether oxygens (including phenoxy) is 2. The molecule has 0 amide bonds. The van der Waals surface area contributed by atoms with Crippen LogP contribution in [0.4, 0.5) is 5.82 Å². The predicted molar refractivity (Wildman–Crippen MR) is 82.9 cm³/mol. The lowest BCUT2D eigenvalue weighted by Crippen LogP contribution is -2.09. The Labute approximate surface area is 131 Å². The van der Waals surface area contributed by atoms with E-state index in [1.807, 2.05) is 18.2 Å². The maximum Gasteiger partial charge on any atom is 0.360 e. The number of nitrogens with two attached hydrogens (primary N) is 1. The number of halogens is 1. The summed E-state index contributed by atoms with van der Waals surface area (Å²) >= 11 is 3.41. The van der Waals surface area contributed by atoms with Crippen LogP contribution in [-0.4, -0.2) is 29.2 Å². The second-order valence-electron chi connectivity index (χ2n) is 4.30. The summed E-state index contributed by atoms with van der Waals surface area (Å²) in [6.07, 6.45) is 0. The fourth-order valence-electron chi connectivity index (χ4n) is 2.02. The van der Waals surface area contributed by atoms with Gasteiger partial charge >= 0.3 is 5.97 Å². The molecule has 0 aliphatic carbocycles. The number of carbonyl (C=O) groups excluding carboxylic acids is 1. The lowest BCUT2D eigenvalue weighted by Gasteiger charge is -2.10. The largest absolute Gasteiger partial charge is 0.497 e. The number of aromatic nitrogens is 2. The van der Waals surface area contributed by atoms with Crippen molar-refractivity contribution in [3.05, 3.63) is 34.2 Å². The average molecular weight is 354 g/mol. The van der Waals surface area contributed by atoms with Crippen molar-refractivity contribution in [2.24, 2.45) is 0 Å². The zero-order valence-electron chi connectivity index (χ0n) is 12.0. The molecule has 6 nitrogen and oxygen atoms in total. The van der Waals surface area contributed by atoms with Crippen molar-refractivity contribution in [3.8, 4) is 11.4 Å². The molecule has 1 aromatic carbocycles. The van der Waals surface area contributed by atoms with E-state index >= 15 is 0 Å². The summed E-state index contributed by atoms with van der Waals surface area (Å²) < 4.78 is 12.7. The fraction of sp³-hybridized carbons (Fsp3) is 0.286. The van der Waals surface area contributed by atoms with Gasteiger partial charge in [-0.05, 0) is 26.0 Å². The topological polar surface area (TPSA) is 79.4 Å². The van der Waals surface area contributed by atoms with Gasteiger partial charge in [-0.1, -0.05) is 15.9 Å². The monoisotopic (exact) mass is 353 g/mol. The molecule has 0 bridgehead atoms. The number of carbonyl (C=O) groups is 1. The van der Waals surface area contributed by atoms with Gasteiger partial charge in [0.15, 0.2) is 5.69 Å². The van der Waals surface area contributed by atoms with Crippen molar-refractivity contribution in [2.75, 3.05) is 19.5 Å². The van der Waals surface area contributed by atoms with Gasteiger partial charge in [-0.25, -0.2) is 9.78 Å². The Morgan fingerprint density at radius 3 is 2.76 bits per heavy atom. The van der Waals surface area contributed by atoms with Gasteiger partial charge in [-0.2, -0.15) is 0 Å². The van der Waals surface area contributed by atoms with Crippen molar-refractivity contribution in [2.45, 2.75) is 13.8 Å². The van der Waals surface area contributed by atoms with Gasteiger partial charge in [-0.15, -0.1) is 0 Å². The third kappa shape index (κ3) is 3.02. The molecule has 2 N–H and O–H groups in total. The molecule has 0 aliphatic rings. The molecule has 0 atom stereocenters. The first-order valence-corrected chi connectivity index (χ1v) is 7.14. The lowest BCUT2D eigenvalue weighted by atomic mass is 10.3. The minimum absolute atomic E-state index is 0.119. The quantitative estimate of drug-likeness (QED) is 0.854. The van der Waals surface area contributed by atoms with E-state index in [-0.39, 0.29) is 18.1 Å². The molecular formula is C14H16BrN3O3. The van der Waals surface area contributed by atoms with Crippen LogP contribution >= 0.6 is 15.9 Å². The number of hydrogen-bond acceptors (Lipinski definition) is 5. The van der Waals surface area contributed by atoms with Gasteiger partial charge in [0.1, 0.15) is 17.4 Å². The van der Waals surface area contributed by atoms with Crippen LogP contribution in [0.25, 0.3) is 5.69 Å². The first-order valence-electron chi connectivity index (χ1n) is 6.34. The van der Waals surface area contributed by atoms with Gasteiger partial charge in [0, 0.05) is 10.5 Å². The van der Waals surface area contributed by atoms with Crippen molar-refractivity contribution in [3.63, 3.8) is 0 Å². The Hall–Kier alpha value is -2.02. The highest BCUT2D eigenvalue weighted by Crippen LogP contribution is 2.28. The van der Waals surface area contributed by atoms with Crippen LogP contribution in [0.1, 0.15) is 23.2 Å². The molecule has 0 radical (unpaired) electrons. The Kier molecular flexibility index (Phi) is 4.52. The number of nitrogens with zero attached hydrogens (tertiary/aromatic N) is 2. The van der Waals surface area contributed by atoms with E-state index in [9.17, 15) is 4.79 Å². The van der Waals surface area contributed by atoms with E-state index < -0.39 is 5.97 Å². The minimum Gasteiger partial charge on any atom is -0.497 e. The molecule has 1 aromatic heterocycles. The van der Waals surface area contributed by atoms with E-state index in [2.05, 4.69) is 20.9 Å². The normalized spacial score (nSPS) is 10.5. The molecule has 0 saturated carbocycles. The van der Waals surface area contributed by atoms with Crippen LogP contribution in [0.3, 0.4) is 0 Å². The number of benzene rings is 1. The molecule has 7 heteroatoms. The van der Waals surface area contributed by atoms with Crippen LogP contribution in [0.15, 0.2) is 22.7 Å². The maximum atomic E-state index is 11.8. The van der Waals surface area contributed by atoms with Crippen LogP contribution < -0.4 is 10.5 Å². The highest BCUT2D eigenvalue weighted by atomic mass is 79.9. The Morgan fingerprint density at radius 1 is 1.43 bits per heavy atom. The van der Waals surface area contributed by atoms with Gasteiger partial charge in [-0.3, -0.25) is 4.57 Å². The number of rotatable bonds is 4. The van der Waals surface area contributed by atoms with E-state index in [0.717, 1.165) is 10.2 Å². The summed E-state index contributed by atoms with van der Waals surface area (Å²) in [5.41, 5.74) is 6.92. The number of anilines is 1. The van der Waals surface area contributed by atoms with Crippen molar-refractivity contribution in [1.82, 2.24) is 9.55 Å². The fourth-order valence-corrected chi connectivity index (χ4v) is 2.48. The van der Waals surface area contributed by atoms with Crippen LogP contribution in [-0.2, 0) is 4.74 Å². The minimum atomic E-state index is -0.529. The first-order chi connectivity index (χ1) is 9.97. The number of nitrogen functional groups attached to an aromatic ring is 1. The van der Waals surface area contributed by atoms with Crippen LogP contribution in [0, 0.1) is 6.92 Å². The Bertz CT molecular complexity index is 682. The van der Waals surface area contributed by atoms with Crippen LogP contribution in [0.5, 0.6) is 5.75 Å². The van der Waals surface area contributed by atoms with Gasteiger partial charge in [0.2, 0.25) is 0 Å². The van der Waals surface area contributed by atoms with Gasteiger partial charge in [0.25, 0.3) is 0 Å². The molecule has 2 rings (SSSR count). The van der Waals surface area contributed by atoms with E-state index in [4.69, 9.17) is 15.2 Å².